The quantitative estimate of drug-likeness (QED) is 0.662. The molecule has 0 saturated heterocycles. The van der Waals surface area contributed by atoms with Gasteiger partial charge >= 0.3 is 0 Å². The van der Waals surface area contributed by atoms with Gasteiger partial charge in [-0.1, -0.05) is 54.1 Å². The van der Waals surface area contributed by atoms with E-state index in [2.05, 4.69) is 5.32 Å². The number of fused-ring (bicyclic) bond motifs is 1. The highest BCUT2D eigenvalue weighted by molar-refractivity contribution is 6.31. The van der Waals surface area contributed by atoms with E-state index in [9.17, 15) is 4.39 Å². The van der Waals surface area contributed by atoms with E-state index in [1.807, 2.05) is 54.6 Å². The molecule has 1 atom stereocenters. The van der Waals surface area contributed by atoms with Gasteiger partial charge in [-0.3, -0.25) is 4.99 Å². The molecule has 24 heavy (non-hydrogen) atoms. The predicted octanol–water partition coefficient (Wildman–Crippen LogP) is 5.44. The fourth-order valence-electron chi connectivity index (χ4n) is 2.88. The van der Waals surface area contributed by atoms with Gasteiger partial charge in [0.25, 0.3) is 0 Å². The monoisotopic (exact) mass is 336 g/mol. The van der Waals surface area contributed by atoms with Gasteiger partial charge in [0.2, 0.25) is 0 Å². The van der Waals surface area contributed by atoms with Crippen LogP contribution in [0.5, 0.6) is 0 Å². The summed E-state index contributed by atoms with van der Waals surface area (Å²) in [4.78, 5) is 4.77. The molecule has 118 valence electrons. The lowest BCUT2D eigenvalue weighted by molar-refractivity contribution is 0.625. The van der Waals surface area contributed by atoms with Crippen LogP contribution in [0.3, 0.4) is 0 Å². The molecule has 1 heterocycles. The Morgan fingerprint density at radius 3 is 2.42 bits per heavy atom. The summed E-state index contributed by atoms with van der Waals surface area (Å²) in [7, 11) is 0. The van der Waals surface area contributed by atoms with Gasteiger partial charge in [-0.2, -0.15) is 0 Å². The smallest absolute Gasteiger partial charge is 0.145 e. The second kappa shape index (κ2) is 6.10. The molecule has 0 spiro atoms. The zero-order valence-corrected chi connectivity index (χ0v) is 13.5. The number of halogens is 2. The summed E-state index contributed by atoms with van der Waals surface area (Å²) in [5.74, 6) is -0.295. The van der Waals surface area contributed by atoms with Gasteiger partial charge in [-0.05, 0) is 35.9 Å². The first-order valence-corrected chi connectivity index (χ1v) is 8.04. The molecule has 4 rings (SSSR count). The molecular weight excluding hydrogens is 323 g/mol. The number of aliphatic imine (C=N–C) groups is 1. The molecule has 2 nitrogen and oxygen atoms in total. The first-order chi connectivity index (χ1) is 11.7. The van der Waals surface area contributed by atoms with Gasteiger partial charge in [-0.15, -0.1) is 0 Å². The van der Waals surface area contributed by atoms with Crippen molar-refractivity contribution in [3.63, 3.8) is 0 Å². The Hall–Kier alpha value is -2.65. The Morgan fingerprint density at radius 1 is 0.875 bits per heavy atom. The van der Waals surface area contributed by atoms with Crippen molar-refractivity contribution in [1.29, 1.82) is 0 Å². The van der Waals surface area contributed by atoms with E-state index in [4.69, 9.17) is 16.6 Å². The van der Waals surface area contributed by atoms with Gasteiger partial charge in [-0.25, -0.2) is 4.39 Å². The second-order valence-corrected chi connectivity index (χ2v) is 6.04. The molecule has 3 aromatic carbocycles. The Balaban J connectivity index is 1.90. The topological polar surface area (TPSA) is 24.4 Å². The zero-order chi connectivity index (χ0) is 16.5. The lowest BCUT2D eigenvalue weighted by Gasteiger charge is -2.26. The molecule has 0 bridgehead atoms. The first kappa shape index (κ1) is 14.9. The molecule has 3 aromatic rings. The van der Waals surface area contributed by atoms with E-state index < -0.39 is 0 Å². The lowest BCUT2D eigenvalue weighted by Crippen LogP contribution is -2.21. The first-order valence-electron chi connectivity index (χ1n) is 7.66. The van der Waals surface area contributed by atoms with Crippen molar-refractivity contribution in [1.82, 2.24) is 0 Å². The fourth-order valence-corrected chi connectivity index (χ4v) is 3.05. The summed E-state index contributed by atoms with van der Waals surface area (Å²) in [6.07, 6.45) is -0.269. The van der Waals surface area contributed by atoms with Crippen LogP contribution in [-0.4, -0.2) is 5.71 Å². The summed E-state index contributed by atoms with van der Waals surface area (Å²) in [5.41, 5.74) is 3.80. The maximum absolute atomic E-state index is 14.4. The average molecular weight is 337 g/mol. The largest absolute Gasteiger partial charge is 0.360 e. The van der Waals surface area contributed by atoms with Crippen molar-refractivity contribution in [2.75, 3.05) is 5.32 Å². The van der Waals surface area contributed by atoms with Crippen LogP contribution < -0.4 is 5.32 Å². The maximum Gasteiger partial charge on any atom is 0.145 e. The van der Waals surface area contributed by atoms with Gasteiger partial charge in [0, 0.05) is 21.8 Å². The molecule has 0 aliphatic carbocycles. The Morgan fingerprint density at radius 2 is 1.62 bits per heavy atom. The Labute approximate surface area is 144 Å². The van der Waals surface area contributed by atoms with E-state index in [-0.39, 0.29) is 12.0 Å². The third kappa shape index (κ3) is 2.68. The summed E-state index contributed by atoms with van der Waals surface area (Å²) in [6.45, 7) is 0. The van der Waals surface area contributed by atoms with E-state index in [0.717, 1.165) is 16.8 Å². The van der Waals surface area contributed by atoms with Crippen LogP contribution in [0, 0.1) is 5.82 Å². The van der Waals surface area contributed by atoms with E-state index in [1.165, 1.54) is 6.07 Å². The Kier molecular flexibility index (Phi) is 3.79. The van der Waals surface area contributed by atoms with Crippen molar-refractivity contribution in [2.24, 2.45) is 4.99 Å². The van der Waals surface area contributed by atoms with Crippen molar-refractivity contribution >= 4 is 23.0 Å². The third-order valence-electron chi connectivity index (χ3n) is 4.03. The summed E-state index contributed by atoms with van der Waals surface area (Å²) >= 11 is 6.15. The van der Waals surface area contributed by atoms with Crippen LogP contribution in [-0.2, 0) is 0 Å². The molecule has 4 heteroatoms. The highest BCUT2D eigenvalue weighted by Crippen LogP contribution is 2.34. The number of benzene rings is 3. The van der Waals surface area contributed by atoms with Crippen LogP contribution in [0.25, 0.3) is 0 Å². The van der Waals surface area contributed by atoms with Crippen molar-refractivity contribution in [2.45, 2.75) is 6.17 Å². The van der Waals surface area contributed by atoms with Crippen molar-refractivity contribution < 1.29 is 4.39 Å². The highest BCUT2D eigenvalue weighted by atomic mass is 35.5. The van der Waals surface area contributed by atoms with Crippen LogP contribution in [0.4, 0.5) is 10.1 Å². The van der Waals surface area contributed by atoms with E-state index >= 15 is 0 Å². The highest BCUT2D eigenvalue weighted by Gasteiger charge is 2.24. The van der Waals surface area contributed by atoms with Crippen LogP contribution in [0.1, 0.15) is 22.9 Å². The van der Waals surface area contributed by atoms with Crippen LogP contribution in [0.15, 0.2) is 77.8 Å². The van der Waals surface area contributed by atoms with Crippen LogP contribution >= 0.6 is 11.6 Å². The number of nitrogens with zero attached hydrogens (tertiary/aromatic N) is 1. The van der Waals surface area contributed by atoms with Crippen molar-refractivity contribution in [3.8, 4) is 0 Å². The molecule has 0 aromatic heterocycles. The minimum atomic E-state index is -0.295. The van der Waals surface area contributed by atoms with E-state index in [1.54, 1.807) is 12.1 Å². The normalized spacial score (nSPS) is 16.1. The number of hydrogen-bond acceptors (Lipinski definition) is 2. The fraction of sp³-hybridized carbons (Fsp3) is 0.0500. The van der Waals surface area contributed by atoms with Gasteiger partial charge in [0.05, 0.1) is 5.71 Å². The predicted molar refractivity (Wildman–Crippen MR) is 96.3 cm³/mol. The molecule has 0 radical (unpaired) electrons. The molecule has 1 unspecified atom stereocenters. The molecule has 0 saturated carbocycles. The second-order valence-electron chi connectivity index (χ2n) is 5.61. The SMILES string of the molecule is Fc1ccccc1C1=NC(c2ccccc2)Nc2ccc(Cl)cc21. The minimum Gasteiger partial charge on any atom is -0.360 e. The number of anilines is 1. The number of nitrogens with one attached hydrogen (secondary N) is 1. The molecule has 1 aliphatic rings. The van der Waals surface area contributed by atoms with E-state index in [0.29, 0.717) is 16.3 Å². The minimum absolute atomic E-state index is 0.269. The lowest BCUT2D eigenvalue weighted by atomic mass is 9.97. The molecule has 1 aliphatic heterocycles. The van der Waals surface area contributed by atoms with Crippen molar-refractivity contribution in [3.05, 3.63) is 100 Å². The number of rotatable bonds is 2. The summed E-state index contributed by atoms with van der Waals surface area (Å²) in [6, 6.07) is 22.1. The molecule has 0 amide bonds. The maximum atomic E-state index is 14.4. The zero-order valence-electron chi connectivity index (χ0n) is 12.7. The van der Waals surface area contributed by atoms with Gasteiger partial charge in [0.1, 0.15) is 12.0 Å². The third-order valence-corrected chi connectivity index (χ3v) is 4.27. The Bertz CT molecular complexity index is 922. The van der Waals surface area contributed by atoms with Crippen LogP contribution in [0.2, 0.25) is 5.02 Å². The average Bonchev–Trinajstić information content (AvgIpc) is 2.62. The van der Waals surface area contributed by atoms with Gasteiger partial charge in [0.15, 0.2) is 0 Å². The number of hydrogen-bond donors (Lipinski definition) is 1. The molecular formula is C20H14ClFN2. The molecule has 1 N–H and O–H groups in total. The van der Waals surface area contributed by atoms with Gasteiger partial charge < -0.3 is 5.32 Å². The molecule has 0 fully saturated rings. The summed E-state index contributed by atoms with van der Waals surface area (Å²) < 4.78 is 14.4. The summed E-state index contributed by atoms with van der Waals surface area (Å²) in [5, 5.41) is 3.99. The standard InChI is InChI=1S/C20H14ClFN2/c21-14-10-11-18-16(12-14)19(15-8-4-5-9-17(15)22)24-20(23-18)13-6-2-1-3-7-13/h1-12,20,23H.